The summed E-state index contributed by atoms with van der Waals surface area (Å²) in [5, 5.41) is 13.5. The monoisotopic (exact) mass is 577 g/mol. The van der Waals surface area contributed by atoms with Gasteiger partial charge in [0.1, 0.15) is 18.8 Å². The van der Waals surface area contributed by atoms with E-state index >= 15 is 0 Å². The Morgan fingerprint density at radius 2 is 1.38 bits per heavy atom. The number of benzene rings is 1. The first kappa shape index (κ1) is 31.6. The predicted octanol–water partition coefficient (Wildman–Crippen LogP) is 6.11. The van der Waals surface area contributed by atoms with Gasteiger partial charge < -0.3 is 23.1 Å². The first-order valence-electron chi connectivity index (χ1n) is 15.7. The van der Waals surface area contributed by atoms with Gasteiger partial charge in [-0.3, -0.25) is 9.63 Å². The second kappa shape index (κ2) is 14.7. The van der Waals surface area contributed by atoms with Crippen LogP contribution >= 0.6 is 0 Å². The molecule has 2 spiro atoms. The number of piperidine rings is 1. The van der Waals surface area contributed by atoms with E-state index in [0.29, 0.717) is 19.8 Å². The van der Waals surface area contributed by atoms with Crippen LogP contribution < -0.4 is 0 Å². The zero-order valence-electron chi connectivity index (χ0n) is 24.9. The SMILES string of the molecule is CCO[Si](CC(=O)OCC(ON1C2(CCCCC2)CC(O)CC12CCCCC2)c1ccccc1)(OCC)OCC. The molecule has 8 nitrogen and oxygen atoms in total. The minimum atomic E-state index is -3.18. The number of aliphatic hydroxyl groups excluding tert-OH is 1. The zero-order chi connectivity index (χ0) is 28.5. The molecule has 0 aromatic heterocycles. The summed E-state index contributed by atoms with van der Waals surface area (Å²) in [6.45, 7) is 6.93. The Hall–Kier alpha value is -1.33. The fourth-order valence-electron chi connectivity index (χ4n) is 7.39. The van der Waals surface area contributed by atoms with E-state index in [1.54, 1.807) is 0 Å². The lowest BCUT2D eigenvalue weighted by molar-refractivity contribution is -0.345. The predicted molar refractivity (Wildman–Crippen MR) is 155 cm³/mol. The van der Waals surface area contributed by atoms with E-state index in [0.717, 1.165) is 69.8 Å². The Morgan fingerprint density at radius 1 is 0.875 bits per heavy atom. The molecular weight excluding hydrogens is 526 g/mol. The van der Waals surface area contributed by atoms with Crippen LogP contribution in [0, 0.1) is 0 Å². The fraction of sp³-hybridized carbons (Fsp3) is 0.774. The van der Waals surface area contributed by atoms with Crippen molar-refractivity contribution in [2.24, 2.45) is 0 Å². The summed E-state index contributed by atoms with van der Waals surface area (Å²) in [6, 6.07) is 10.0. The lowest BCUT2D eigenvalue weighted by Crippen LogP contribution is -2.67. The summed E-state index contributed by atoms with van der Waals surface area (Å²) in [5.74, 6) is -0.402. The van der Waals surface area contributed by atoms with Gasteiger partial charge in [-0.25, -0.2) is 0 Å². The zero-order valence-corrected chi connectivity index (χ0v) is 25.9. The summed E-state index contributed by atoms with van der Waals surface area (Å²) >= 11 is 0. The molecule has 0 radical (unpaired) electrons. The quantitative estimate of drug-likeness (QED) is 0.222. The van der Waals surface area contributed by atoms with Crippen LogP contribution in [0.4, 0.5) is 0 Å². The van der Waals surface area contributed by atoms with Crippen LogP contribution in [0.5, 0.6) is 0 Å². The lowest BCUT2D eigenvalue weighted by atomic mass is 9.66. The second-order valence-corrected chi connectivity index (χ2v) is 14.4. The smallest absolute Gasteiger partial charge is 0.462 e. The number of hydrogen-bond acceptors (Lipinski definition) is 8. The van der Waals surface area contributed by atoms with Crippen LogP contribution in [0.15, 0.2) is 30.3 Å². The van der Waals surface area contributed by atoms with E-state index in [1.807, 2.05) is 51.1 Å². The van der Waals surface area contributed by atoms with Gasteiger partial charge in [0.25, 0.3) is 0 Å². The topological polar surface area (TPSA) is 86.7 Å². The molecule has 2 saturated carbocycles. The minimum Gasteiger partial charge on any atom is -0.462 e. The summed E-state index contributed by atoms with van der Waals surface area (Å²) in [4.78, 5) is 20.3. The fourth-order valence-corrected chi connectivity index (χ4v) is 9.72. The molecular formula is C31H51NO7Si. The van der Waals surface area contributed by atoms with Crippen molar-refractivity contribution in [1.82, 2.24) is 5.06 Å². The summed E-state index contributed by atoms with van der Waals surface area (Å²) < 4.78 is 23.6. The molecule has 9 heteroatoms. The van der Waals surface area contributed by atoms with E-state index in [1.165, 1.54) is 12.8 Å². The number of nitrogens with zero attached hydrogens (tertiary/aromatic N) is 1. The van der Waals surface area contributed by atoms with Gasteiger partial charge >= 0.3 is 14.8 Å². The molecule has 1 aromatic carbocycles. The van der Waals surface area contributed by atoms with Crippen LogP contribution in [-0.4, -0.2) is 68.6 Å². The standard InChI is InChI=1S/C31H51NO7Si/c1-4-36-40(37-5-2,38-6-3)25-29(34)35-24-28(26-16-10-7-11-17-26)39-32-30(18-12-8-13-19-30)22-27(33)23-31(32)20-14-9-15-21-31/h7,10-11,16-17,27-28,33H,4-6,8-9,12-15,18-25H2,1-3H3. The van der Waals surface area contributed by atoms with Crippen LogP contribution in [0.1, 0.15) is 109 Å². The molecule has 2 aliphatic carbocycles. The van der Waals surface area contributed by atoms with Crippen molar-refractivity contribution >= 4 is 14.8 Å². The molecule has 3 aliphatic rings. The lowest BCUT2D eigenvalue weighted by Gasteiger charge is -2.61. The summed E-state index contributed by atoms with van der Waals surface area (Å²) in [7, 11) is -3.18. The van der Waals surface area contributed by atoms with Crippen LogP contribution in [0.2, 0.25) is 6.04 Å². The highest BCUT2D eigenvalue weighted by molar-refractivity contribution is 6.64. The summed E-state index contributed by atoms with van der Waals surface area (Å²) in [5.41, 5.74) is 0.595. The molecule has 1 heterocycles. The van der Waals surface area contributed by atoms with Crippen LogP contribution in [0.25, 0.3) is 0 Å². The van der Waals surface area contributed by atoms with Crippen molar-refractivity contribution in [3.8, 4) is 0 Å². The third kappa shape index (κ3) is 7.54. The van der Waals surface area contributed by atoms with Gasteiger partial charge in [-0.1, -0.05) is 68.9 Å². The molecule has 0 bridgehead atoms. The number of carbonyl (C=O) groups excluding carboxylic acids is 1. The Bertz CT molecular complexity index is 859. The largest absolute Gasteiger partial charge is 0.512 e. The maximum atomic E-state index is 13.2. The highest BCUT2D eigenvalue weighted by atomic mass is 28.4. The van der Waals surface area contributed by atoms with E-state index in [4.69, 9.17) is 22.9 Å². The van der Waals surface area contributed by atoms with Crippen molar-refractivity contribution in [2.75, 3.05) is 26.4 Å². The van der Waals surface area contributed by atoms with Crippen molar-refractivity contribution in [3.63, 3.8) is 0 Å². The number of carbonyl (C=O) groups is 1. The van der Waals surface area contributed by atoms with Gasteiger partial charge in [-0.2, -0.15) is 5.06 Å². The van der Waals surface area contributed by atoms with Crippen molar-refractivity contribution in [2.45, 2.75) is 127 Å². The highest BCUT2D eigenvalue weighted by Gasteiger charge is 2.56. The van der Waals surface area contributed by atoms with E-state index in [-0.39, 0.29) is 29.8 Å². The first-order valence-corrected chi connectivity index (χ1v) is 17.6. The van der Waals surface area contributed by atoms with E-state index in [9.17, 15) is 9.90 Å². The first-order chi connectivity index (χ1) is 19.4. The molecule has 1 saturated heterocycles. The summed E-state index contributed by atoms with van der Waals surface area (Å²) in [6.07, 6.45) is 11.8. The Morgan fingerprint density at radius 3 is 1.85 bits per heavy atom. The number of hydroxylamine groups is 2. The number of aliphatic hydroxyl groups is 1. The Labute approximate surface area is 242 Å². The molecule has 3 fully saturated rings. The molecule has 1 N–H and O–H groups in total. The molecule has 4 rings (SSSR count). The van der Waals surface area contributed by atoms with Gasteiger partial charge in [0.05, 0.1) is 6.10 Å². The molecule has 226 valence electrons. The molecule has 1 aliphatic heterocycles. The van der Waals surface area contributed by atoms with Gasteiger partial charge in [-0.15, -0.1) is 0 Å². The molecule has 1 atom stereocenters. The molecule has 0 amide bonds. The third-order valence-corrected chi connectivity index (χ3v) is 11.8. The molecule has 40 heavy (non-hydrogen) atoms. The minimum absolute atomic E-state index is 0.0339. The van der Waals surface area contributed by atoms with Gasteiger partial charge in [0, 0.05) is 30.9 Å². The molecule has 1 unspecified atom stereocenters. The van der Waals surface area contributed by atoms with Gasteiger partial charge in [0.2, 0.25) is 0 Å². The Kier molecular flexibility index (Phi) is 11.6. The number of rotatable bonds is 13. The van der Waals surface area contributed by atoms with E-state index < -0.39 is 20.9 Å². The average Bonchev–Trinajstić information content (AvgIpc) is 2.94. The van der Waals surface area contributed by atoms with Crippen LogP contribution in [-0.2, 0) is 27.6 Å². The second-order valence-electron chi connectivity index (χ2n) is 11.8. The normalized spacial score (nSPS) is 23.8. The van der Waals surface area contributed by atoms with Gasteiger partial charge in [-0.05, 0) is 64.9 Å². The third-order valence-electron chi connectivity index (χ3n) is 8.91. The number of esters is 1. The average molecular weight is 578 g/mol. The molecule has 1 aromatic rings. The van der Waals surface area contributed by atoms with Crippen molar-refractivity contribution in [1.29, 1.82) is 0 Å². The number of hydrogen-bond donors (Lipinski definition) is 1. The van der Waals surface area contributed by atoms with Crippen molar-refractivity contribution < 1.29 is 32.8 Å². The maximum absolute atomic E-state index is 13.2. The van der Waals surface area contributed by atoms with E-state index in [2.05, 4.69) is 5.06 Å². The number of ether oxygens (including phenoxy) is 1. The van der Waals surface area contributed by atoms with Gasteiger partial charge in [0.15, 0.2) is 0 Å². The highest BCUT2D eigenvalue weighted by Crippen LogP contribution is 2.52. The Balaban J connectivity index is 1.58. The van der Waals surface area contributed by atoms with Crippen LogP contribution in [0.3, 0.4) is 0 Å². The maximum Gasteiger partial charge on any atom is 0.512 e. The van der Waals surface area contributed by atoms with Crippen molar-refractivity contribution in [3.05, 3.63) is 35.9 Å².